The lowest BCUT2D eigenvalue weighted by Gasteiger charge is -2.25. The van der Waals surface area contributed by atoms with Gasteiger partial charge in [-0.1, -0.05) is 277 Å². The Balaban J connectivity index is 4.21. The Morgan fingerprint density at radius 1 is 0.461 bits per heavy atom. The number of quaternary nitrogens is 1. The van der Waals surface area contributed by atoms with Crippen molar-refractivity contribution < 1.29 is 32.9 Å². The molecule has 8 nitrogen and oxygen atoms in total. The topological polar surface area (TPSA) is 105 Å². The number of hydrogen-bond acceptors (Lipinski definition) is 5. The Morgan fingerprint density at radius 3 is 1.16 bits per heavy atom. The Labute approximate surface area is 470 Å². The summed E-state index contributed by atoms with van der Waals surface area (Å²) in [6.07, 6.45) is 83.4. The van der Waals surface area contributed by atoms with Crippen molar-refractivity contribution >= 4 is 13.7 Å². The van der Waals surface area contributed by atoms with E-state index in [9.17, 15) is 19.4 Å². The van der Waals surface area contributed by atoms with Crippen molar-refractivity contribution in [1.29, 1.82) is 0 Å². The molecule has 438 valence electrons. The first-order chi connectivity index (χ1) is 37.0. The highest BCUT2D eigenvalue weighted by Crippen LogP contribution is 2.43. The molecule has 0 heterocycles. The summed E-state index contributed by atoms with van der Waals surface area (Å²) in [7, 11) is 1.56. The highest BCUT2D eigenvalue weighted by Gasteiger charge is 2.27. The minimum absolute atomic E-state index is 0.0548. The van der Waals surface area contributed by atoms with Crippen LogP contribution in [0.25, 0.3) is 0 Å². The Bertz CT molecular complexity index is 1600. The first-order valence-electron chi connectivity index (χ1n) is 31.3. The second kappa shape index (κ2) is 56.9. The van der Waals surface area contributed by atoms with E-state index in [-0.39, 0.29) is 19.1 Å². The van der Waals surface area contributed by atoms with E-state index in [2.05, 4.69) is 116 Å². The van der Waals surface area contributed by atoms with Gasteiger partial charge >= 0.3 is 7.82 Å². The van der Waals surface area contributed by atoms with Gasteiger partial charge in [0.15, 0.2) is 0 Å². The summed E-state index contributed by atoms with van der Waals surface area (Å²) in [6, 6.07) is -0.860. The number of nitrogens with one attached hydrogen (secondary N) is 1. The summed E-state index contributed by atoms with van der Waals surface area (Å²) in [5.41, 5.74) is 0. The molecule has 3 N–H and O–H groups in total. The predicted molar refractivity (Wildman–Crippen MR) is 332 cm³/mol. The van der Waals surface area contributed by atoms with Crippen LogP contribution >= 0.6 is 7.82 Å². The molecule has 9 heteroatoms. The van der Waals surface area contributed by atoms with Crippen LogP contribution in [0.1, 0.15) is 258 Å². The highest BCUT2D eigenvalue weighted by atomic mass is 31.2. The minimum Gasteiger partial charge on any atom is -0.387 e. The molecule has 0 saturated carbocycles. The first kappa shape index (κ1) is 73.2. The molecule has 0 aromatic rings. The molecule has 0 fully saturated rings. The zero-order chi connectivity index (χ0) is 55.6. The van der Waals surface area contributed by atoms with Gasteiger partial charge in [0.05, 0.1) is 39.9 Å². The normalized spacial score (nSPS) is 14.6. The molecule has 76 heavy (non-hydrogen) atoms. The molecule has 1 amide bonds. The van der Waals surface area contributed by atoms with Gasteiger partial charge in [-0.15, -0.1) is 0 Å². The van der Waals surface area contributed by atoms with Crippen LogP contribution in [-0.2, 0) is 18.4 Å². The van der Waals surface area contributed by atoms with Crippen molar-refractivity contribution in [3.05, 3.63) is 109 Å². The SMILES string of the molecule is CC/C=C\C/C=C\C/C=C\C/C=C\C/C=C\C/C=C\C/C=C\C/C=C\CCCCCCCCCCC(=O)NC(COP(=O)(O)OCC[N+](C)(C)C)C(O)/C=C/CCCCCCCCCCCCCCCCCCCCC. The fraction of sp³-hybridized carbons (Fsp3) is 0.716. The zero-order valence-electron chi connectivity index (χ0n) is 50.0. The van der Waals surface area contributed by atoms with Crippen molar-refractivity contribution in [1.82, 2.24) is 5.32 Å². The number of carbonyl (C=O) groups is 1. The molecule has 0 aliphatic rings. The maximum atomic E-state index is 13.0. The van der Waals surface area contributed by atoms with Crippen LogP contribution < -0.4 is 5.32 Å². The van der Waals surface area contributed by atoms with Gasteiger partial charge in [0.25, 0.3) is 0 Å². The van der Waals surface area contributed by atoms with Crippen LogP contribution in [0.4, 0.5) is 0 Å². The Kier molecular flexibility index (Phi) is 54.7. The summed E-state index contributed by atoms with van der Waals surface area (Å²) >= 11 is 0. The molecule has 0 bridgehead atoms. The van der Waals surface area contributed by atoms with E-state index in [0.717, 1.165) is 96.3 Å². The summed E-state index contributed by atoms with van der Waals surface area (Å²) in [5, 5.41) is 14.0. The maximum absolute atomic E-state index is 13.0. The van der Waals surface area contributed by atoms with Gasteiger partial charge in [0.1, 0.15) is 13.2 Å². The smallest absolute Gasteiger partial charge is 0.387 e. The predicted octanol–water partition coefficient (Wildman–Crippen LogP) is 19.5. The van der Waals surface area contributed by atoms with Gasteiger partial charge in [-0.2, -0.15) is 0 Å². The van der Waals surface area contributed by atoms with Crippen LogP contribution in [0.5, 0.6) is 0 Å². The van der Waals surface area contributed by atoms with Crippen molar-refractivity contribution in [2.45, 2.75) is 270 Å². The molecule has 0 saturated heterocycles. The Morgan fingerprint density at radius 2 is 0.789 bits per heavy atom. The molecule has 0 aromatic carbocycles. The van der Waals surface area contributed by atoms with E-state index in [4.69, 9.17) is 9.05 Å². The molecule has 3 atom stereocenters. The number of likely N-dealkylation sites (N-methyl/N-ethyl adjacent to an activating group) is 1. The number of amides is 1. The monoisotopic (exact) mass is 1080 g/mol. The van der Waals surface area contributed by atoms with Gasteiger partial charge in [-0.05, 0) is 83.5 Å². The van der Waals surface area contributed by atoms with Gasteiger partial charge in [0.2, 0.25) is 5.91 Å². The quantitative estimate of drug-likeness (QED) is 0.0243. The zero-order valence-corrected chi connectivity index (χ0v) is 50.9. The van der Waals surface area contributed by atoms with Gasteiger partial charge in [-0.25, -0.2) is 4.57 Å². The van der Waals surface area contributed by atoms with Crippen molar-refractivity contribution in [2.24, 2.45) is 0 Å². The molecule has 0 spiro atoms. The number of phosphoric ester groups is 1. The number of aliphatic hydroxyl groups excluding tert-OH is 1. The molecule has 0 rings (SSSR count). The van der Waals surface area contributed by atoms with Crippen LogP contribution in [0, 0.1) is 0 Å². The third-order valence-corrected chi connectivity index (χ3v) is 14.5. The molecular weight excluding hydrogens is 960 g/mol. The number of allylic oxidation sites excluding steroid dienone is 17. The van der Waals surface area contributed by atoms with Crippen LogP contribution in [0.15, 0.2) is 109 Å². The molecule has 0 aliphatic heterocycles. The van der Waals surface area contributed by atoms with Crippen molar-refractivity contribution in [2.75, 3.05) is 40.9 Å². The van der Waals surface area contributed by atoms with Gasteiger partial charge < -0.3 is 19.8 Å². The largest absolute Gasteiger partial charge is 0.472 e. The van der Waals surface area contributed by atoms with E-state index >= 15 is 0 Å². The number of rotatable bonds is 56. The standard InChI is InChI=1S/C67H119N2O6P/c1-6-8-10-12-14-16-18-20-22-24-26-28-29-30-31-32-33-34-35-36-37-38-39-41-43-45-47-49-51-53-55-57-59-61-67(71)68-65(64-75-76(72,73)74-63-62-69(3,4)5)66(70)60-58-56-54-52-50-48-46-44-42-40-27-25-23-21-19-17-15-13-11-9-7-2/h8,10,14,16,20,22,26,28,30-31,33-34,36-37,39,41,58,60,65-66,70H,6-7,9,11-13,15,17-19,21,23-25,27,29,32,35,38,40,42-57,59,61-64H2,1-5H3,(H-,68,71,72,73)/p+1/b10-8-,16-14-,22-20-,28-26-,31-30-,34-33-,37-36-,41-39-,60-58+. The lowest BCUT2D eigenvalue weighted by molar-refractivity contribution is -0.870. The summed E-state index contributed by atoms with van der Waals surface area (Å²) < 4.78 is 23.8. The van der Waals surface area contributed by atoms with Crippen molar-refractivity contribution in [3.8, 4) is 0 Å². The number of aliphatic hydroxyl groups is 1. The minimum atomic E-state index is -4.36. The average Bonchev–Trinajstić information content (AvgIpc) is 3.38. The second-order valence-corrected chi connectivity index (χ2v) is 23.5. The fourth-order valence-electron chi connectivity index (χ4n) is 8.65. The number of carbonyl (C=O) groups excluding carboxylic acids is 1. The van der Waals surface area contributed by atoms with Gasteiger partial charge in [0, 0.05) is 6.42 Å². The van der Waals surface area contributed by atoms with E-state index in [1.54, 1.807) is 6.08 Å². The van der Waals surface area contributed by atoms with E-state index in [1.807, 2.05) is 27.2 Å². The fourth-order valence-corrected chi connectivity index (χ4v) is 9.38. The molecule has 0 aliphatic carbocycles. The lowest BCUT2D eigenvalue weighted by atomic mass is 10.0. The second-order valence-electron chi connectivity index (χ2n) is 22.1. The molecule has 0 radical (unpaired) electrons. The summed E-state index contributed by atoms with van der Waals surface area (Å²) in [4.78, 5) is 23.4. The van der Waals surface area contributed by atoms with E-state index in [1.165, 1.54) is 141 Å². The average molecular weight is 1080 g/mol. The molecule has 3 unspecified atom stereocenters. The van der Waals surface area contributed by atoms with Crippen LogP contribution in [0.2, 0.25) is 0 Å². The Hall–Kier alpha value is -2.84. The molecular formula is C67H120N2O6P+. The van der Waals surface area contributed by atoms with Crippen LogP contribution in [0.3, 0.4) is 0 Å². The summed E-state index contributed by atoms with van der Waals surface area (Å²) in [5.74, 6) is -0.188. The highest BCUT2D eigenvalue weighted by molar-refractivity contribution is 7.47. The lowest BCUT2D eigenvalue weighted by Crippen LogP contribution is -2.45. The van der Waals surface area contributed by atoms with Crippen LogP contribution in [-0.4, -0.2) is 73.4 Å². The third kappa shape index (κ3) is 58.8. The number of nitrogens with zero attached hydrogens (tertiary/aromatic N) is 1. The first-order valence-corrected chi connectivity index (χ1v) is 32.8. The molecule has 0 aromatic heterocycles. The number of hydrogen-bond donors (Lipinski definition) is 3. The van der Waals surface area contributed by atoms with Crippen molar-refractivity contribution in [3.63, 3.8) is 0 Å². The van der Waals surface area contributed by atoms with Gasteiger partial charge in [-0.3, -0.25) is 13.8 Å². The number of unbranched alkanes of at least 4 members (excludes halogenated alkanes) is 27. The van der Waals surface area contributed by atoms with E-state index in [0.29, 0.717) is 17.4 Å². The van der Waals surface area contributed by atoms with E-state index < -0.39 is 20.0 Å². The third-order valence-electron chi connectivity index (χ3n) is 13.5. The summed E-state index contributed by atoms with van der Waals surface area (Å²) in [6.45, 7) is 4.71. The maximum Gasteiger partial charge on any atom is 0.472 e. The number of phosphoric acid groups is 1.